The summed E-state index contributed by atoms with van der Waals surface area (Å²) in [5, 5.41) is 3.33. The summed E-state index contributed by atoms with van der Waals surface area (Å²) in [4.78, 5) is 14.7. The largest absolute Gasteiger partial charge is 0.334 e. The molecule has 1 aromatic carbocycles. The summed E-state index contributed by atoms with van der Waals surface area (Å²) in [6.45, 7) is 4.04. The maximum Gasteiger partial charge on any atom is 0.240 e. The van der Waals surface area contributed by atoms with Crippen LogP contribution >= 0.6 is 12.4 Å². The second-order valence-electron chi connectivity index (χ2n) is 5.70. The molecule has 0 bridgehead atoms. The van der Waals surface area contributed by atoms with Gasteiger partial charge in [-0.15, -0.1) is 12.4 Å². The summed E-state index contributed by atoms with van der Waals surface area (Å²) in [6.07, 6.45) is 4.34. The zero-order valence-corrected chi connectivity index (χ0v) is 12.8. The molecule has 0 aliphatic carbocycles. The van der Waals surface area contributed by atoms with Gasteiger partial charge < -0.3 is 10.2 Å². The predicted molar refractivity (Wildman–Crippen MR) is 83.1 cm³/mol. The molecule has 3 rings (SSSR count). The lowest BCUT2D eigenvalue weighted by atomic mass is 9.99. The number of nitrogens with zero attached hydrogens (tertiary/aromatic N) is 1. The third-order valence-electron chi connectivity index (χ3n) is 4.44. The summed E-state index contributed by atoms with van der Waals surface area (Å²) in [7, 11) is 0. The molecular weight excluding hydrogens is 272 g/mol. The van der Waals surface area contributed by atoms with Crippen LogP contribution in [0.15, 0.2) is 24.3 Å². The molecule has 0 aromatic heterocycles. The molecule has 2 saturated heterocycles. The van der Waals surface area contributed by atoms with Crippen LogP contribution in [0.4, 0.5) is 0 Å². The average Bonchev–Trinajstić information content (AvgIpc) is 3.10. The van der Waals surface area contributed by atoms with E-state index in [2.05, 4.69) is 41.4 Å². The second-order valence-corrected chi connectivity index (χ2v) is 5.70. The molecule has 110 valence electrons. The van der Waals surface area contributed by atoms with Crippen LogP contribution in [0.1, 0.15) is 42.9 Å². The monoisotopic (exact) mass is 294 g/mol. The molecule has 4 heteroatoms. The van der Waals surface area contributed by atoms with Gasteiger partial charge in [-0.2, -0.15) is 0 Å². The normalized spacial score (nSPS) is 25.6. The Balaban J connectivity index is 0.00000147. The number of aryl methyl sites for hydroxylation is 1. The van der Waals surface area contributed by atoms with Gasteiger partial charge >= 0.3 is 0 Å². The van der Waals surface area contributed by atoms with Crippen molar-refractivity contribution in [3.63, 3.8) is 0 Å². The van der Waals surface area contributed by atoms with E-state index in [9.17, 15) is 4.79 Å². The predicted octanol–water partition coefficient (Wildman–Crippen LogP) is 2.83. The number of halogens is 1. The van der Waals surface area contributed by atoms with Crippen molar-refractivity contribution in [2.24, 2.45) is 0 Å². The quantitative estimate of drug-likeness (QED) is 0.910. The molecule has 0 radical (unpaired) electrons. The van der Waals surface area contributed by atoms with Crippen LogP contribution in [-0.4, -0.2) is 29.9 Å². The first kappa shape index (κ1) is 15.3. The molecule has 1 N–H and O–H groups in total. The lowest BCUT2D eigenvalue weighted by Gasteiger charge is -2.28. The van der Waals surface area contributed by atoms with Gasteiger partial charge in [0.05, 0.1) is 12.1 Å². The zero-order chi connectivity index (χ0) is 13.2. The topological polar surface area (TPSA) is 32.3 Å². The minimum Gasteiger partial charge on any atom is -0.334 e. The summed E-state index contributed by atoms with van der Waals surface area (Å²) in [5.74, 6) is 0.309. The first-order valence-electron chi connectivity index (χ1n) is 7.37. The highest BCUT2D eigenvalue weighted by molar-refractivity contribution is 5.85. The summed E-state index contributed by atoms with van der Waals surface area (Å²) in [5.41, 5.74) is 2.62. The molecule has 0 saturated carbocycles. The highest BCUT2D eigenvalue weighted by Crippen LogP contribution is 2.34. The van der Waals surface area contributed by atoms with Gasteiger partial charge in [0.25, 0.3) is 0 Å². The molecule has 3 nitrogen and oxygen atoms in total. The van der Waals surface area contributed by atoms with Crippen molar-refractivity contribution in [1.29, 1.82) is 0 Å². The van der Waals surface area contributed by atoms with Crippen molar-refractivity contribution in [3.05, 3.63) is 35.4 Å². The molecular formula is C16H23ClN2O. The van der Waals surface area contributed by atoms with E-state index >= 15 is 0 Å². The molecule has 1 aromatic rings. The Morgan fingerprint density at radius 3 is 2.75 bits per heavy atom. The van der Waals surface area contributed by atoms with Crippen molar-refractivity contribution >= 4 is 18.3 Å². The minimum atomic E-state index is 0. The number of rotatable bonds is 2. The fourth-order valence-corrected chi connectivity index (χ4v) is 3.41. The van der Waals surface area contributed by atoms with Gasteiger partial charge in [0.15, 0.2) is 0 Å². The molecule has 2 unspecified atom stereocenters. The van der Waals surface area contributed by atoms with E-state index in [0.29, 0.717) is 5.91 Å². The summed E-state index contributed by atoms with van der Waals surface area (Å²) in [6, 6.07) is 8.81. The van der Waals surface area contributed by atoms with Gasteiger partial charge in [0.2, 0.25) is 5.91 Å². The minimum absolute atomic E-state index is 0. The molecule has 2 aliphatic heterocycles. The highest BCUT2D eigenvalue weighted by atomic mass is 35.5. The smallest absolute Gasteiger partial charge is 0.240 e. The van der Waals surface area contributed by atoms with Crippen molar-refractivity contribution in [3.8, 4) is 0 Å². The maximum atomic E-state index is 12.6. The number of nitrogens with one attached hydrogen (secondary N) is 1. The van der Waals surface area contributed by atoms with Crippen LogP contribution < -0.4 is 5.32 Å². The summed E-state index contributed by atoms with van der Waals surface area (Å²) >= 11 is 0. The van der Waals surface area contributed by atoms with Crippen molar-refractivity contribution < 1.29 is 4.79 Å². The molecule has 1 amide bonds. The van der Waals surface area contributed by atoms with E-state index in [-0.39, 0.29) is 24.5 Å². The number of benzene rings is 1. The van der Waals surface area contributed by atoms with Gasteiger partial charge in [-0.1, -0.05) is 24.3 Å². The molecule has 0 spiro atoms. The molecule has 2 heterocycles. The number of carbonyl (C=O) groups is 1. The van der Waals surface area contributed by atoms with Gasteiger partial charge in [-0.05, 0) is 50.3 Å². The van der Waals surface area contributed by atoms with Crippen LogP contribution in [0.25, 0.3) is 0 Å². The molecule has 2 fully saturated rings. The molecule has 2 atom stereocenters. The number of hydrogen-bond acceptors (Lipinski definition) is 2. The fraction of sp³-hybridized carbons (Fsp3) is 0.562. The van der Waals surface area contributed by atoms with Crippen LogP contribution in [0.5, 0.6) is 0 Å². The van der Waals surface area contributed by atoms with Crippen LogP contribution in [-0.2, 0) is 4.79 Å². The lowest BCUT2D eigenvalue weighted by molar-refractivity contribution is -0.134. The Kier molecular flexibility index (Phi) is 5.06. The number of likely N-dealkylation sites (tertiary alicyclic amines) is 1. The van der Waals surface area contributed by atoms with E-state index < -0.39 is 0 Å². The Bertz CT molecular complexity index is 471. The van der Waals surface area contributed by atoms with Crippen molar-refractivity contribution in [1.82, 2.24) is 10.2 Å². The van der Waals surface area contributed by atoms with E-state index in [4.69, 9.17) is 0 Å². The molecule has 2 aliphatic rings. The standard InChI is InChI=1S/C16H22N2O.ClH/c1-12-6-2-3-7-13(12)15-9-5-11-18(15)16(19)14-8-4-10-17-14;/h2-3,6-7,14-15,17H,4-5,8-11H2,1H3;1H. The third-order valence-corrected chi connectivity index (χ3v) is 4.44. The van der Waals surface area contributed by atoms with Gasteiger partial charge in [0.1, 0.15) is 0 Å². The van der Waals surface area contributed by atoms with Gasteiger partial charge in [0, 0.05) is 6.54 Å². The van der Waals surface area contributed by atoms with E-state index in [0.717, 1.165) is 38.8 Å². The second kappa shape index (κ2) is 6.59. The Morgan fingerprint density at radius 2 is 2.05 bits per heavy atom. The Labute approximate surface area is 127 Å². The van der Waals surface area contributed by atoms with Crippen LogP contribution in [0, 0.1) is 6.92 Å². The first-order valence-corrected chi connectivity index (χ1v) is 7.37. The average molecular weight is 295 g/mol. The van der Waals surface area contributed by atoms with Gasteiger partial charge in [-0.3, -0.25) is 4.79 Å². The SMILES string of the molecule is Cc1ccccc1C1CCCN1C(=O)C1CCCN1.Cl. The number of amides is 1. The van der Waals surface area contributed by atoms with E-state index in [1.54, 1.807) is 0 Å². The maximum absolute atomic E-state index is 12.6. The van der Waals surface area contributed by atoms with Gasteiger partial charge in [-0.25, -0.2) is 0 Å². The van der Waals surface area contributed by atoms with Crippen LogP contribution in [0.2, 0.25) is 0 Å². The van der Waals surface area contributed by atoms with E-state index in [1.165, 1.54) is 11.1 Å². The Morgan fingerprint density at radius 1 is 1.25 bits per heavy atom. The molecule has 20 heavy (non-hydrogen) atoms. The van der Waals surface area contributed by atoms with E-state index in [1.807, 2.05) is 0 Å². The zero-order valence-electron chi connectivity index (χ0n) is 12.0. The number of hydrogen-bond donors (Lipinski definition) is 1. The third kappa shape index (κ3) is 2.84. The summed E-state index contributed by atoms with van der Waals surface area (Å²) < 4.78 is 0. The lowest BCUT2D eigenvalue weighted by Crippen LogP contribution is -2.43. The van der Waals surface area contributed by atoms with Crippen LogP contribution in [0.3, 0.4) is 0 Å². The highest BCUT2D eigenvalue weighted by Gasteiger charge is 2.35. The van der Waals surface area contributed by atoms with Crippen molar-refractivity contribution in [2.45, 2.75) is 44.7 Å². The number of carbonyl (C=O) groups excluding carboxylic acids is 1. The first-order chi connectivity index (χ1) is 9.27. The Hall–Kier alpha value is -1.06. The van der Waals surface area contributed by atoms with Crippen molar-refractivity contribution in [2.75, 3.05) is 13.1 Å². The fourth-order valence-electron chi connectivity index (χ4n) is 3.41.